The second-order valence-corrected chi connectivity index (χ2v) is 4.94. The molecule has 1 fully saturated rings. The predicted molar refractivity (Wildman–Crippen MR) is 71.2 cm³/mol. The van der Waals surface area contributed by atoms with E-state index in [0.717, 1.165) is 5.56 Å². The molecule has 1 aromatic rings. The lowest BCUT2D eigenvalue weighted by Crippen LogP contribution is -2.44. The van der Waals surface area contributed by atoms with E-state index in [0.29, 0.717) is 39.0 Å². The second kappa shape index (κ2) is 6.49. The van der Waals surface area contributed by atoms with Crippen LogP contribution in [0.1, 0.15) is 18.4 Å². The molecule has 1 N–H and O–H groups in total. The van der Waals surface area contributed by atoms with Gasteiger partial charge in [-0.05, 0) is 37.0 Å². The van der Waals surface area contributed by atoms with Gasteiger partial charge in [0.1, 0.15) is 11.2 Å². The molecule has 5 heteroatoms. The highest BCUT2D eigenvalue weighted by Gasteiger charge is 2.40. The van der Waals surface area contributed by atoms with Gasteiger partial charge >= 0.3 is 0 Å². The minimum atomic E-state index is -0.957. The van der Waals surface area contributed by atoms with Crippen LogP contribution >= 0.6 is 0 Å². The van der Waals surface area contributed by atoms with Crippen molar-refractivity contribution in [2.75, 3.05) is 19.8 Å². The molecular formula is C15H17FN2O2. The molecule has 4 nitrogen and oxygen atoms in total. The molecule has 20 heavy (non-hydrogen) atoms. The van der Waals surface area contributed by atoms with E-state index >= 15 is 0 Å². The van der Waals surface area contributed by atoms with Crippen molar-refractivity contribution in [1.29, 1.82) is 5.26 Å². The Morgan fingerprint density at radius 2 is 2.00 bits per heavy atom. The summed E-state index contributed by atoms with van der Waals surface area (Å²) in [7, 11) is 0. The van der Waals surface area contributed by atoms with Gasteiger partial charge in [-0.15, -0.1) is 0 Å². The van der Waals surface area contributed by atoms with Crippen LogP contribution in [0.25, 0.3) is 0 Å². The van der Waals surface area contributed by atoms with Crippen molar-refractivity contribution in [3.63, 3.8) is 0 Å². The van der Waals surface area contributed by atoms with Crippen LogP contribution in [0.15, 0.2) is 24.3 Å². The van der Waals surface area contributed by atoms with Crippen LogP contribution in [-0.2, 0) is 16.0 Å². The Bertz CT molecular complexity index is 502. The Kier molecular flexibility index (Phi) is 4.70. The van der Waals surface area contributed by atoms with Crippen molar-refractivity contribution in [2.45, 2.75) is 19.3 Å². The highest BCUT2D eigenvalue weighted by Crippen LogP contribution is 2.29. The normalized spacial score (nSPS) is 17.2. The maximum absolute atomic E-state index is 12.8. The average Bonchev–Trinajstić information content (AvgIpc) is 2.50. The number of hydrogen-bond acceptors (Lipinski definition) is 3. The number of ether oxygens (including phenoxy) is 1. The maximum atomic E-state index is 12.8. The minimum absolute atomic E-state index is 0.231. The Balaban J connectivity index is 1.85. The van der Waals surface area contributed by atoms with Crippen LogP contribution in [0, 0.1) is 22.6 Å². The summed E-state index contributed by atoms with van der Waals surface area (Å²) in [6, 6.07) is 8.30. The topological polar surface area (TPSA) is 62.1 Å². The van der Waals surface area contributed by atoms with Crippen molar-refractivity contribution >= 4 is 5.91 Å². The molecule has 1 amide bonds. The molecule has 0 bridgehead atoms. The monoisotopic (exact) mass is 276 g/mol. The molecule has 0 aromatic heterocycles. The second-order valence-electron chi connectivity index (χ2n) is 4.94. The van der Waals surface area contributed by atoms with Crippen molar-refractivity contribution in [3.8, 4) is 6.07 Å². The van der Waals surface area contributed by atoms with E-state index in [1.807, 2.05) is 0 Å². The summed E-state index contributed by atoms with van der Waals surface area (Å²) in [6.07, 6.45) is 1.49. The first kappa shape index (κ1) is 14.5. The molecule has 1 saturated heterocycles. The SMILES string of the molecule is N#CC1(C(=O)NCCc2ccc(F)cc2)CCOCC1. The Hall–Kier alpha value is -1.93. The number of halogens is 1. The lowest BCUT2D eigenvalue weighted by molar-refractivity contribution is -0.132. The van der Waals surface area contributed by atoms with Gasteiger partial charge in [0.15, 0.2) is 0 Å². The molecule has 1 aliphatic rings. The molecular weight excluding hydrogens is 259 g/mol. The number of rotatable bonds is 4. The van der Waals surface area contributed by atoms with Gasteiger partial charge in [-0.25, -0.2) is 4.39 Å². The van der Waals surface area contributed by atoms with Crippen molar-refractivity contribution in [1.82, 2.24) is 5.32 Å². The molecule has 0 unspecified atom stereocenters. The standard InChI is InChI=1S/C15H17FN2O2/c16-13-3-1-12(2-4-13)5-8-18-14(19)15(11-17)6-9-20-10-7-15/h1-4H,5-10H2,(H,18,19). The van der Waals surface area contributed by atoms with Crippen LogP contribution in [0.3, 0.4) is 0 Å². The van der Waals surface area contributed by atoms with Crippen molar-refractivity contribution < 1.29 is 13.9 Å². The number of carbonyl (C=O) groups excluding carboxylic acids is 1. The first-order valence-corrected chi connectivity index (χ1v) is 6.68. The van der Waals surface area contributed by atoms with Crippen LogP contribution in [0.2, 0.25) is 0 Å². The quantitative estimate of drug-likeness (QED) is 0.912. The number of nitrogens with zero attached hydrogens (tertiary/aromatic N) is 1. The Morgan fingerprint density at radius 3 is 2.60 bits per heavy atom. The van der Waals surface area contributed by atoms with Gasteiger partial charge in [0, 0.05) is 19.8 Å². The lowest BCUT2D eigenvalue weighted by atomic mass is 9.81. The molecule has 2 rings (SSSR count). The largest absolute Gasteiger partial charge is 0.381 e. The molecule has 1 aliphatic heterocycles. The molecule has 0 aliphatic carbocycles. The summed E-state index contributed by atoms with van der Waals surface area (Å²) >= 11 is 0. The number of nitrogens with one attached hydrogen (secondary N) is 1. The number of amides is 1. The fourth-order valence-electron chi connectivity index (χ4n) is 2.25. The van der Waals surface area contributed by atoms with Crippen LogP contribution < -0.4 is 5.32 Å². The molecule has 0 atom stereocenters. The number of carbonyl (C=O) groups is 1. The first-order chi connectivity index (χ1) is 9.66. The van der Waals surface area contributed by atoms with Gasteiger partial charge in [0.05, 0.1) is 6.07 Å². The van der Waals surface area contributed by atoms with Gasteiger partial charge in [-0.1, -0.05) is 12.1 Å². The average molecular weight is 276 g/mol. The zero-order chi connectivity index (χ0) is 14.4. The Labute approximate surface area is 117 Å². The summed E-state index contributed by atoms with van der Waals surface area (Å²) in [6.45, 7) is 1.33. The van der Waals surface area contributed by atoms with E-state index < -0.39 is 5.41 Å². The third-order valence-corrected chi connectivity index (χ3v) is 3.61. The predicted octanol–water partition coefficient (Wildman–Crippen LogP) is 1.80. The molecule has 0 spiro atoms. The van der Waals surface area contributed by atoms with Crippen molar-refractivity contribution in [2.24, 2.45) is 5.41 Å². The fraction of sp³-hybridized carbons (Fsp3) is 0.467. The Morgan fingerprint density at radius 1 is 1.35 bits per heavy atom. The summed E-state index contributed by atoms with van der Waals surface area (Å²) in [4.78, 5) is 12.1. The van der Waals surface area contributed by atoms with E-state index in [9.17, 15) is 14.4 Å². The van der Waals surface area contributed by atoms with Crippen LogP contribution in [-0.4, -0.2) is 25.7 Å². The van der Waals surface area contributed by atoms with E-state index in [1.165, 1.54) is 12.1 Å². The highest BCUT2D eigenvalue weighted by atomic mass is 19.1. The number of nitriles is 1. The summed E-state index contributed by atoms with van der Waals surface area (Å²) < 4.78 is 18.0. The third-order valence-electron chi connectivity index (χ3n) is 3.61. The number of benzene rings is 1. The van der Waals surface area contributed by atoms with E-state index in [4.69, 9.17) is 4.74 Å². The van der Waals surface area contributed by atoms with Crippen LogP contribution in [0.4, 0.5) is 4.39 Å². The molecule has 106 valence electrons. The van der Waals surface area contributed by atoms with Gasteiger partial charge in [-0.3, -0.25) is 4.79 Å². The zero-order valence-electron chi connectivity index (χ0n) is 11.2. The van der Waals surface area contributed by atoms with E-state index in [2.05, 4.69) is 11.4 Å². The van der Waals surface area contributed by atoms with Crippen LogP contribution in [0.5, 0.6) is 0 Å². The lowest BCUT2D eigenvalue weighted by Gasteiger charge is -2.29. The summed E-state index contributed by atoms with van der Waals surface area (Å²) in [5.41, 5.74) is -0.00851. The fourth-order valence-corrected chi connectivity index (χ4v) is 2.25. The van der Waals surface area contributed by atoms with Gasteiger partial charge in [0.2, 0.25) is 5.91 Å². The van der Waals surface area contributed by atoms with Gasteiger partial charge in [0.25, 0.3) is 0 Å². The zero-order valence-corrected chi connectivity index (χ0v) is 11.2. The summed E-state index contributed by atoms with van der Waals surface area (Å²) in [5, 5.41) is 12.0. The van der Waals surface area contributed by atoms with E-state index in [1.54, 1.807) is 12.1 Å². The maximum Gasteiger partial charge on any atom is 0.240 e. The summed E-state index contributed by atoms with van der Waals surface area (Å²) in [5.74, 6) is -0.506. The highest BCUT2D eigenvalue weighted by molar-refractivity contribution is 5.85. The van der Waals surface area contributed by atoms with Gasteiger partial charge < -0.3 is 10.1 Å². The third kappa shape index (κ3) is 3.34. The van der Waals surface area contributed by atoms with Gasteiger partial charge in [-0.2, -0.15) is 5.26 Å². The smallest absolute Gasteiger partial charge is 0.240 e. The first-order valence-electron chi connectivity index (χ1n) is 6.68. The van der Waals surface area contributed by atoms with Crippen molar-refractivity contribution in [3.05, 3.63) is 35.6 Å². The number of hydrogen-bond donors (Lipinski definition) is 1. The molecule has 1 aromatic carbocycles. The molecule has 0 radical (unpaired) electrons. The molecule has 0 saturated carbocycles. The minimum Gasteiger partial charge on any atom is -0.381 e. The van der Waals surface area contributed by atoms with E-state index in [-0.39, 0.29) is 11.7 Å². The molecule has 1 heterocycles.